The van der Waals surface area contributed by atoms with Crippen molar-refractivity contribution in [2.24, 2.45) is 0 Å². The molecule has 0 fully saturated rings. The highest BCUT2D eigenvalue weighted by Gasteiger charge is 2.08. The minimum absolute atomic E-state index is 0.359. The molecule has 6 nitrogen and oxygen atoms in total. The number of para-hydroxylation sites is 1. The van der Waals surface area contributed by atoms with Gasteiger partial charge in [0, 0.05) is 24.4 Å². The van der Waals surface area contributed by atoms with Crippen LogP contribution in [0.3, 0.4) is 0 Å². The van der Waals surface area contributed by atoms with E-state index >= 15 is 0 Å². The van der Waals surface area contributed by atoms with Crippen LogP contribution < -0.4 is 5.32 Å². The minimum Gasteiger partial charge on any atom is -0.380 e. The number of benzene rings is 1. The standard InChI is InChI=1S/C13H12ClN5O/c1-20-7-9-4-2-3-5-10(9)17-12-6-11(14)18-13-15-8-16-19(12)13/h2-6,8,17H,7H2,1H3. The Labute approximate surface area is 120 Å². The summed E-state index contributed by atoms with van der Waals surface area (Å²) in [7, 11) is 1.66. The number of methoxy groups -OCH3 is 1. The van der Waals surface area contributed by atoms with Crippen LogP contribution in [0.15, 0.2) is 36.7 Å². The first-order valence-corrected chi connectivity index (χ1v) is 6.36. The van der Waals surface area contributed by atoms with Gasteiger partial charge in [-0.2, -0.15) is 19.6 Å². The quantitative estimate of drug-likeness (QED) is 0.748. The van der Waals surface area contributed by atoms with Crippen LogP contribution >= 0.6 is 11.6 Å². The number of rotatable bonds is 4. The third-order valence-corrected chi connectivity index (χ3v) is 2.99. The fourth-order valence-corrected chi connectivity index (χ4v) is 2.11. The average molecular weight is 290 g/mol. The van der Waals surface area contributed by atoms with Crippen molar-refractivity contribution < 1.29 is 4.74 Å². The highest BCUT2D eigenvalue weighted by molar-refractivity contribution is 6.29. The monoisotopic (exact) mass is 289 g/mol. The highest BCUT2D eigenvalue weighted by atomic mass is 35.5. The van der Waals surface area contributed by atoms with Gasteiger partial charge in [0.05, 0.1) is 6.61 Å². The summed E-state index contributed by atoms with van der Waals surface area (Å²) in [5, 5.41) is 7.76. The van der Waals surface area contributed by atoms with Crippen molar-refractivity contribution >= 4 is 28.9 Å². The van der Waals surface area contributed by atoms with E-state index in [2.05, 4.69) is 20.4 Å². The zero-order valence-electron chi connectivity index (χ0n) is 10.7. The van der Waals surface area contributed by atoms with E-state index in [0.717, 1.165) is 11.3 Å². The van der Waals surface area contributed by atoms with Crippen LogP contribution in [-0.2, 0) is 11.3 Å². The average Bonchev–Trinajstić information content (AvgIpc) is 2.89. The molecular formula is C13H12ClN5O. The first kappa shape index (κ1) is 12.8. The van der Waals surface area contributed by atoms with Crippen LogP contribution in [0, 0.1) is 0 Å². The number of hydrogen-bond donors (Lipinski definition) is 1. The molecule has 0 unspecified atom stereocenters. The number of hydrogen-bond acceptors (Lipinski definition) is 5. The maximum atomic E-state index is 5.99. The van der Waals surface area contributed by atoms with E-state index in [4.69, 9.17) is 16.3 Å². The molecule has 3 aromatic rings. The van der Waals surface area contributed by atoms with Crippen LogP contribution in [-0.4, -0.2) is 26.7 Å². The summed E-state index contributed by atoms with van der Waals surface area (Å²) in [6.07, 6.45) is 1.44. The van der Waals surface area contributed by atoms with Crippen LogP contribution in [0.5, 0.6) is 0 Å². The van der Waals surface area contributed by atoms with Crippen molar-refractivity contribution in [1.29, 1.82) is 0 Å². The molecule has 2 aromatic heterocycles. The molecule has 2 heterocycles. The Morgan fingerprint density at radius 2 is 2.20 bits per heavy atom. The SMILES string of the molecule is COCc1ccccc1Nc1cc(Cl)nc2ncnn12. The molecule has 20 heavy (non-hydrogen) atoms. The first-order valence-electron chi connectivity index (χ1n) is 5.98. The van der Waals surface area contributed by atoms with Crippen LogP contribution in [0.25, 0.3) is 5.78 Å². The lowest BCUT2D eigenvalue weighted by molar-refractivity contribution is 0.185. The lowest BCUT2D eigenvalue weighted by Crippen LogP contribution is -2.04. The topological polar surface area (TPSA) is 64.3 Å². The molecule has 1 aromatic carbocycles. The van der Waals surface area contributed by atoms with Crippen molar-refractivity contribution in [3.05, 3.63) is 47.4 Å². The third-order valence-electron chi connectivity index (χ3n) is 2.80. The molecule has 0 aliphatic carbocycles. The lowest BCUT2D eigenvalue weighted by atomic mass is 10.2. The molecule has 102 valence electrons. The smallest absolute Gasteiger partial charge is 0.255 e. The second-order valence-corrected chi connectivity index (χ2v) is 4.54. The number of aromatic nitrogens is 4. The molecule has 7 heteroatoms. The van der Waals surface area contributed by atoms with Gasteiger partial charge in [-0.25, -0.2) is 0 Å². The van der Waals surface area contributed by atoms with Crippen LogP contribution in [0.1, 0.15) is 5.56 Å². The Hall–Kier alpha value is -2.18. The van der Waals surface area contributed by atoms with Gasteiger partial charge in [-0.1, -0.05) is 29.8 Å². The van der Waals surface area contributed by atoms with Gasteiger partial charge in [-0.3, -0.25) is 0 Å². The Kier molecular flexibility index (Phi) is 3.49. The zero-order chi connectivity index (χ0) is 13.9. The van der Waals surface area contributed by atoms with Crippen molar-refractivity contribution in [2.45, 2.75) is 6.61 Å². The highest BCUT2D eigenvalue weighted by Crippen LogP contribution is 2.23. The van der Waals surface area contributed by atoms with Crippen molar-refractivity contribution in [2.75, 3.05) is 12.4 Å². The Morgan fingerprint density at radius 1 is 1.35 bits per heavy atom. The van der Waals surface area contributed by atoms with Crippen molar-refractivity contribution in [3.63, 3.8) is 0 Å². The fourth-order valence-electron chi connectivity index (χ4n) is 1.93. The predicted octanol–water partition coefficient (Wildman–Crippen LogP) is 2.67. The summed E-state index contributed by atoms with van der Waals surface area (Å²) in [4.78, 5) is 8.12. The molecule has 0 saturated carbocycles. The second-order valence-electron chi connectivity index (χ2n) is 4.15. The summed E-state index contributed by atoms with van der Waals surface area (Å²) in [5.74, 6) is 1.14. The van der Waals surface area contributed by atoms with Gasteiger partial charge >= 0.3 is 0 Å². The molecular weight excluding hydrogens is 278 g/mol. The van der Waals surface area contributed by atoms with Gasteiger partial charge in [0.1, 0.15) is 17.3 Å². The van der Waals surface area contributed by atoms with Gasteiger partial charge < -0.3 is 10.1 Å². The molecule has 0 amide bonds. The molecule has 0 aliphatic rings. The molecule has 0 atom stereocenters. The van der Waals surface area contributed by atoms with Crippen LogP contribution in [0.4, 0.5) is 11.5 Å². The Morgan fingerprint density at radius 3 is 3.05 bits per heavy atom. The molecule has 0 spiro atoms. The largest absolute Gasteiger partial charge is 0.380 e. The van der Waals surface area contributed by atoms with Crippen molar-refractivity contribution in [1.82, 2.24) is 19.6 Å². The maximum Gasteiger partial charge on any atom is 0.255 e. The van der Waals surface area contributed by atoms with Crippen molar-refractivity contribution in [3.8, 4) is 0 Å². The molecule has 1 N–H and O–H groups in total. The van der Waals surface area contributed by atoms with Gasteiger partial charge in [0.15, 0.2) is 0 Å². The first-order chi connectivity index (χ1) is 9.78. The summed E-state index contributed by atoms with van der Waals surface area (Å²) in [5.41, 5.74) is 1.96. The second kappa shape index (κ2) is 5.44. The third kappa shape index (κ3) is 2.43. The van der Waals surface area contributed by atoms with Gasteiger partial charge in [0.25, 0.3) is 5.78 Å². The number of nitrogens with one attached hydrogen (secondary N) is 1. The van der Waals surface area contributed by atoms with Gasteiger partial charge in [-0.15, -0.1) is 0 Å². The van der Waals surface area contributed by atoms with E-state index < -0.39 is 0 Å². The van der Waals surface area contributed by atoms with E-state index in [9.17, 15) is 0 Å². The Bertz CT molecular complexity index is 742. The fraction of sp³-hybridized carbons (Fsp3) is 0.154. The zero-order valence-corrected chi connectivity index (χ0v) is 11.5. The minimum atomic E-state index is 0.359. The van der Waals surface area contributed by atoms with E-state index in [1.807, 2.05) is 24.3 Å². The summed E-state index contributed by atoms with van der Waals surface area (Å²) in [6, 6.07) is 9.57. The van der Waals surface area contributed by atoms with E-state index in [1.54, 1.807) is 17.7 Å². The van der Waals surface area contributed by atoms with Gasteiger partial charge in [0.2, 0.25) is 0 Å². The normalized spacial score (nSPS) is 10.9. The lowest BCUT2D eigenvalue weighted by Gasteiger charge is -2.12. The van der Waals surface area contributed by atoms with E-state index in [0.29, 0.717) is 23.4 Å². The number of nitrogens with zero attached hydrogens (tertiary/aromatic N) is 4. The van der Waals surface area contributed by atoms with E-state index in [-0.39, 0.29) is 0 Å². The number of ether oxygens (including phenoxy) is 1. The molecule has 0 saturated heterocycles. The van der Waals surface area contributed by atoms with Crippen LogP contribution in [0.2, 0.25) is 5.15 Å². The molecule has 0 radical (unpaired) electrons. The summed E-state index contributed by atoms with van der Waals surface area (Å²) in [6.45, 7) is 0.516. The maximum absolute atomic E-state index is 5.99. The summed E-state index contributed by atoms with van der Waals surface area (Å²) < 4.78 is 6.78. The Balaban J connectivity index is 2.03. The number of halogens is 1. The summed E-state index contributed by atoms with van der Waals surface area (Å²) >= 11 is 5.99. The number of fused-ring (bicyclic) bond motifs is 1. The molecule has 3 rings (SSSR count). The number of anilines is 2. The molecule has 0 bridgehead atoms. The van der Waals surface area contributed by atoms with Gasteiger partial charge in [-0.05, 0) is 6.07 Å². The molecule has 0 aliphatic heterocycles. The van der Waals surface area contributed by atoms with E-state index in [1.165, 1.54) is 6.33 Å². The predicted molar refractivity (Wildman–Crippen MR) is 76.2 cm³/mol.